The summed E-state index contributed by atoms with van der Waals surface area (Å²) in [5.41, 5.74) is 0. The minimum atomic E-state index is -3.32. The van der Waals surface area contributed by atoms with Crippen molar-refractivity contribution in [3.05, 3.63) is 30.3 Å². The van der Waals surface area contributed by atoms with Crippen LogP contribution in [-0.4, -0.2) is 38.4 Å². The molecule has 1 aromatic carbocycles. The maximum Gasteiger partial charge on any atom is 0.243 e. The molecule has 1 aromatic rings. The number of piperazine rings is 1. The average molecular weight is 277 g/mol. The Kier molecular flexibility index (Phi) is 4.94. The third kappa shape index (κ3) is 2.98. The molecule has 0 bridgehead atoms. The highest BCUT2D eigenvalue weighted by atomic mass is 35.5. The van der Waals surface area contributed by atoms with Crippen LogP contribution in [-0.2, 0) is 10.0 Å². The second kappa shape index (κ2) is 5.82. The maximum atomic E-state index is 12.3. The molecule has 1 atom stereocenters. The van der Waals surface area contributed by atoms with Crippen molar-refractivity contribution in [3.8, 4) is 0 Å². The van der Waals surface area contributed by atoms with Gasteiger partial charge in [-0.1, -0.05) is 18.2 Å². The second-order valence-electron chi connectivity index (χ2n) is 3.98. The monoisotopic (exact) mass is 276 g/mol. The second-order valence-corrected chi connectivity index (χ2v) is 5.87. The Morgan fingerprint density at radius 3 is 2.53 bits per heavy atom. The van der Waals surface area contributed by atoms with E-state index in [9.17, 15) is 8.42 Å². The molecule has 0 saturated carbocycles. The van der Waals surface area contributed by atoms with Crippen LogP contribution >= 0.6 is 12.4 Å². The van der Waals surface area contributed by atoms with Crippen LogP contribution < -0.4 is 5.32 Å². The zero-order valence-corrected chi connectivity index (χ0v) is 11.3. The summed E-state index contributed by atoms with van der Waals surface area (Å²) in [4.78, 5) is 0.378. The molecular weight excluding hydrogens is 260 g/mol. The standard InChI is InChI=1S/C11H16N2O2S.ClH/c1-10-9-12-7-8-13(10)16(14,15)11-5-3-2-4-6-11;/h2-6,10,12H,7-9H2,1H3;1H. The van der Waals surface area contributed by atoms with E-state index in [0.29, 0.717) is 18.0 Å². The summed E-state index contributed by atoms with van der Waals surface area (Å²) in [7, 11) is -3.32. The smallest absolute Gasteiger partial charge is 0.243 e. The Bertz CT molecular complexity index is 450. The number of nitrogens with zero attached hydrogens (tertiary/aromatic N) is 1. The summed E-state index contributed by atoms with van der Waals surface area (Å²) < 4.78 is 26.2. The van der Waals surface area contributed by atoms with Crippen molar-refractivity contribution in [2.45, 2.75) is 17.9 Å². The Balaban J connectivity index is 0.00000144. The summed E-state index contributed by atoms with van der Waals surface area (Å²) in [5, 5.41) is 3.18. The minimum absolute atomic E-state index is 0. The zero-order chi connectivity index (χ0) is 11.6. The molecule has 0 amide bonds. The van der Waals surface area contributed by atoms with Crippen molar-refractivity contribution < 1.29 is 8.42 Å². The van der Waals surface area contributed by atoms with Crippen molar-refractivity contribution in [2.75, 3.05) is 19.6 Å². The summed E-state index contributed by atoms with van der Waals surface area (Å²) in [5.74, 6) is 0. The lowest BCUT2D eigenvalue weighted by atomic mass is 10.3. The molecule has 17 heavy (non-hydrogen) atoms. The molecule has 0 aliphatic carbocycles. The third-order valence-electron chi connectivity index (χ3n) is 2.79. The number of hydrogen-bond acceptors (Lipinski definition) is 3. The lowest BCUT2D eigenvalue weighted by molar-refractivity contribution is 0.284. The molecule has 1 N–H and O–H groups in total. The van der Waals surface area contributed by atoms with E-state index in [2.05, 4.69) is 5.32 Å². The molecule has 1 unspecified atom stereocenters. The average Bonchev–Trinajstić information content (AvgIpc) is 2.30. The summed E-state index contributed by atoms with van der Waals surface area (Å²) in [6.07, 6.45) is 0. The highest BCUT2D eigenvalue weighted by Crippen LogP contribution is 2.18. The minimum Gasteiger partial charge on any atom is -0.314 e. The van der Waals surface area contributed by atoms with Crippen LogP contribution in [0.2, 0.25) is 0 Å². The van der Waals surface area contributed by atoms with Gasteiger partial charge in [0.15, 0.2) is 0 Å². The highest BCUT2D eigenvalue weighted by Gasteiger charge is 2.30. The Labute approximate surface area is 108 Å². The summed E-state index contributed by atoms with van der Waals surface area (Å²) in [6.45, 7) is 3.90. The fraction of sp³-hybridized carbons (Fsp3) is 0.455. The molecule has 1 heterocycles. The van der Waals surface area contributed by atoms with Gasteiger partial charge in [-0.3, -0.25) is 0 Å². The molecule has 1 fully saturated rings. The number of nitrogens with one attached hydrogen (secondary N) is 1. The normalized spacial score (nSPS) is 21.8. The van der Waals surface area contributed by atoms with E-state index < -0.39 is 10.0 Å². The van der Waals surface area contributed by atoms with Crippen LogP contribution in [0.3, 0.4) is 0 Å². The Morgan fingerprint density at radius 1 is 1.29 bits per heavy atom. The van der Waals surface area contributed by atoms with Crippen molar-refractivity contribution in [2.24, 2.45) is 0 Å². The van der Waals surface area contributed by atoms with Gasteiger partial charge in [0.2, 0.25) is 10.0 Å². The lowest BCUT2D eigenvalue weighted by Gasteiger charge is -2.32. The van der Waals surface area contributed by atoms with Crippen molar-refractivity contribution in [1.29, 1.82) is 0 Å². The molecule has 2 rings (SSSR count). The quantitative estimate of drug-likeness (QED) is 0.880. The number of halogens is 1. The van der Waals surface area contributed by atoms with E-state index >= 15 is 0 Å². The van der Waals surface area contributed by atoms with Gasteiger partial charge in [-0.15, -0.1) is 12.4 Å². The molecule has 96 valence electrons. The highest BCUT2D eigenvalue weighted by molar-refractivity contribution is 7.89. The lowest BCUT2D eigenvalue weighted by Crippen LogP contribution is -2.52. The van der Waals surface area contributed by atoms with Crippen LogP contribution in [0.1, 0.15) is 6.92 Å². The van der Waals surface area contributed by atoms with Crippen LogP contribution in [0.4, 0.5) is 0 Å². The van der Waals surface area contributed by atoms with Crippen molar-refractivity contribution >= 4 is 22.4 Å². The van der Waals surface area contributed by atoms with Gasteiger partial charge in [0.25, 0.3) is 0 Å². The Hall–Kier alpha value is -0.620. The predicted molar refractivity (Wildman–Crippen MR) is 69.9 cm³/mol. The first-order chi connectivity index (χ1) is 7.62. The van der Waals surface area contributed by atoms with Gasteiger partial charge in [-0.05, 0) is 19.1 Å². The first-order valence-corrected chi connectivity index (χ1v) is 6.84. The molecule has 0 spiro atoms. The molecule has 0 aromatic heterocycles. The molecule has 1 aliphatic rings. The number of benzene rings is 1. The van der Waals surface area contributed by atoms with Crippen LogP contribution in [0, 0.1) is 0 Å². The first-order valence-electron chi connectivity index (χ1n) is 5.40. The fourth-order valence-corrected chi connectivity index (χ4v) is 3.56. The molecule has 0 radical (unpaired) electrons. The molecule has 4 nitrogen and oxygen atoms in total. The van der Waals surface area contributed by atoms with E-state index in [4.69, 9.17) is 0 Å². The van der Waals surface area contributed by atoms with Gasteiger partial charge >= 0.3 is 0 Å². The van der Waals surface area contributed by atoms with E-state index in [1.165, 1.54) is 0 Å². The van der Waals surface area contributed by atoms with Crippen molar-refractivity contribution in [3.63, 3.8) is 0 Å². The SMILES string of the molecule is CC1CNCCN1S(=O)(=O)c1ccccc1.Cl. The Morgan fingerprint density at radius 2 is 1.94 bits per heavy atom. The van der Waals surface area contributed by atoms with Crippen LogP contribution in [0.15, 0.2) is 35.2 Å². The van der Waals surface area contributed by atoms with Gasteiger partial charge < -0.3 is 5.32 Å². The van der Waals surface area contributed by atoms with Gasteiger partial charge in [0, 0.05) is 25.7 Å². The van der Waals surface area contributed by atoms with Crippen LogP contribution in [0.5, 0.6) is 0 Å². The van der Waals surface area contributed by atoms with E-state index in [0.717, 1.165) is 6.54 Å². The first kappa shape index (κ1) is 14.4. The van der Waals surface area contributed by atoms with E-state index in [1.807, 2.05) is 13.0 Å². The maximum absolute atomic E-state index is 12.3. The predicted octanol–water partition coefficient (Wildman–Crippen LogP) is 1.09. The number of rotatable bonds is 2. The summed E-state index contributed by atoms with van der Waals surface area (Å²) in [6, 6.07) is 8.62. The van der Waals surface area contributed by atoms with E-state index in [-0.39, 0.29) is 18.4 Å². The molecule has 6 heteroatoms. The van der Waals surface area contributed by atoms with Gasteiger partial charge in [0.1, 0.15) is 0 Å². The molecule has 1 saturated heterocycles. The van der Waals surface area contributed by atoms with Gasteiger partial charge in [-0.2, -0.15) is 4.31 Å². The van der Waals surface area contributed by atoms with Crippen molar-refractivity contribution in [1.82, 2.24) is 9.62 Å². The third-order valence-corrected chi connectivity index (χ3v) is 4.82. The van der Waals surface area contributed by atoms with Crippen LogP contribution in [0.25, 0.3) is 0 Å². The topological polar surface area (TPSA) is 49.4 Å². The van der Waals surface area contributed by atoms with E-state index in [1.54, 1.807) is 28.6 Å². The molecular formula is C11H17ClN2O2S. The zero-order valence-electron chi connectivity index (χ0n) is 9.67. The summed E-state index contributed by atoms with van der Waals surface area (Å²) >= 11 is 0. The largest absolute Gasteiger partial charge is 0.314 e. The number of hydrogen-bond donors (Lipinski definition) is 1. The fourth-order valence-electron chi connectivity index (χ4n) is 1.91. The number of sulfonamides is 1. The van der Waals surface area contributed by atoms with Gasteiger partial charge in [0.05, 0.1) is 4.90 Å². The van der Waals surface area contributed by atoms with Gasteiger partial charge in [-0.25, -0.2) is 8.42 Å². The molecule has 1 aliphatic heterocycles.